The van der Waals surface area contributed by atoms with Gasteiger partial charge >= 0.3 is 6.03 Å². The second-order valence-corrected chi connectivity index (χ2v) is 6.95. The standard InChI is InChI=1S/C19H16Cl2FN3O2/c1-10(15-9-23-18(26)13-5-3-11(20)7-14(13)15)25(2)19(27)24-12-4-6-17(22)16(21)8-12/h3-10H,1-2H3,(H,23,26)(H,24,27)/t10-/m1/s1. The lowest BCUT2D eigenvalue weighted by Gasteiger charge is -2.26. The van der Waals surface area contributed by atoms with Gasteiger partial charge in [0.05, 0.1) is 11.1 Å². The van der Waals surface area contributed by atoms with E-state index in [1.165, 1.54) is 23.1 Å². The third-order valence-corrected chi connectivity index (χ3v) is 4.94. The summed E-state index contributed by atoms with van der Waals surface area (Å²) < 4.78 is 13.3. The van der Waals surface area contributed by atoms with Crippen LogP contribution in [0.2, 0.25) is 10.0 Å². The highest BCUT2D eigenvalue weighted by atomic mass is 35.5. The topological polar surface area (TPSA) is 65.2 Å². The smallest absolute Gasteiger partial charge is 0.322 e. The van der Waals surface area contributed by atoms with Gasteiger partial charge < -0.3 is 15.2 Å². The van der Waals surface area contributed by atoms with Crippen LogP contribution >= 0.6 is 23.2 Å². The number of aromatic nitrogens is 1. The number of carbonyl (C=O) groups excluding carboxylic acids is 1. The first-order valence-corrected chi connectivity index (χ1v) is 8.83. The molecule has 3 aromatic rings. The third-order valence-electron chi connectivity index (χ3n) is 4.42. The quantitative estimate of drug-likeness (QED) is 0.626. The Hall–Kier alpha value is -2.57. The van der Waals surface area contributed by atoms with E-state index in [2.05, 4.69) is 10.3 Å². The van der Waals surface area contributed by atoms with Gasteiger partial charge in [-0.15, -0.1) is 0 Å². The van der Waals surface area contributed by atoms with Gasteiger partial charge in [0, 0.05) is 29.3 Å². The lowest BCUT2D eigenvalue weighted by Crippen LogP contribution is -2.34. The highest BCUT2D eigenvalue weighted by Gasteiger charge is 2.20. The van der Waals surface area contributed by atoms with Gasteiger partial charge in [-0.25, -0.2) is 9.18 Å². The molecule has 0 radical (unpaired) electrons. The molecule has 8 heteroatoms. The number of halogens is 3. The van der Waals surface area contributed by atoms with E-state index in [0.29, 0.717) is 21.5 Å². The van der Waals surface area contributed by atoms with E-state index < -0.39 is 11.8 Å². The molecule has 1 heterocycles. The van der Waals surface area contributed by atoms with E-state index in [1.807, 2.05) is 6.92 Å². The van der Waals surface area contributed by atoms with E-state index in [-0.39, 0.29) is 16.6 Å². The zero-order valence-corrected chi connectivity index (χ0v) is 16.0. The summed E-state index contributed by atoms with van der Waals surface area (Å²) in [6.07, 6.45) is 1.57. The van der Waals surface area contributed by atoms with Crippen LogP contribution in [-0.4, -0.2) is 23.0 Å². The van der Waals surface area contributed by atoms with Crippen molar-refractivity contribution < 1.29 is 9.18 Å². The normalized spacial score (nSPS) is 12.0. The summed E-state index contributed by atoms with van der Waals surface area (Å²) in [5, 5.41) is 4.24. The summed E-state index contributed by atoms with van der Waals surface area (Å²) in [5.74, 6) is -0.562. The third kappa shape index (κ3) is 3.91. The monoisotopic (exact) mass is 407 g/mol. The van der Waals surface area contributed by atoms with Crippen LogP contribution in [-0.2, 0) is 0 Å². The molecule has 0 saturated carbocycles. The van der Waals surface area contributed by atoms with Crippen molar-refractivity contribution in [3.63, 3.8) is 0 Å². The number of anilines is 1. The first-order chi connectivity index (χ1) is 12.8. The molecule has 3 rings (SSSR count). The SMILES string of the molecule is C[C@H](c1c[nH]c(=O)c2ccc(Cl)cc12)N(C)C(=O)Nc1ccc(F)c(Cl)c1. The van der Waals surface area contributed by atoms with Crippen LogP contribution in [0, 0.1) is 5.82 Å². The highest BCUT2D eigenvalue weighted by molar-refractivity contribution is 6.31. The summed E-state index contributed by atoms with van der Waals surface area (Å²) in [5.41, 5.74) is 0.882. The van der Waals surface area contributed by atoms with E-state index in [0.717, 1.165) is 5.56 Å². The fourth-order valence-corrected chi connectivity index (χ4v) is 3.12. The molecule has 0 aliphatic heterocycles. The van der Waals surface area contributed by atoms with Crippen LogP contribution < -0.4 is 10.9 Å². The minimum absolute atomic E-state index is 0.0789. The number of H-pyrrole nitrogens is 1. The molecule has 0 unspecified atom stereocenters. The summed E-state index contributed by atoms with van der Waals surface area (Å²) in [7, 11) is 1.62. The fraction of sp³-hybridized carbons (Fsp3) is 0.158. The summed E-state index contributed by atoms with van der Waals surface area (Å²) in [6.45, 7) is 1.82. The number of nitrogens with one attached hydrogen (secondary N) is 2. The van der Waals surface area contributed by atoms with Crippen LogP contribution in [0.1, 0.15) is 18.5 Å². The number of fused-ring (bicyclic) bond motifs is 1. The van der Waals surface area contributed by atoms with Gasteiger partial charge in [0.25, 0.3) is 5.56 Å². The van der Waals surface area contributed by atoms with Crippen molar-refractivity contribution in [1.82, 2.24) is 9.88 Å². The van der Waals surface area contributed by atoms with Gasteiger partial charge in [0.1, 0.15) is 5.82 Å². The Balaban J connectivity index is 1.89. The Morgan fingerprint density at radius 1 is 1.19 bits per heavy atom. The molecule has 0 bridgehead atoms. The van der Waals surface area contributed by atoms with E-state index in [1.54, 1.807) is 31.4 Å². The first kappa shape index (κ1) is 19.2. The minimum atomic E-state index is -0.562. The number of aromatic amines is 1. The Morgan fingerprint density at radius 2 is 1.93 bits per heavy atom. The van der Waals surface area contributed by atoms with Crippen molar-refractivity contribution in [3.8, 4) is 0 Å². The van der Waals surface area contributed by atoms with Crippen molar-refractivity contribution >= 4 is 45.7 Å². The number of hydrogen-bond acceptors (Lipinski definition) is 2. The van der Waals surface area contributed by atoms with E-state index in [4.69, 9.17) is 23.2 Å². The maximum atomic E-state index is 13.3. The Morgan fingerprint density at radius 3 is 2.63 bits per heavy atom. The lowest BCUT2D eigenvalue weighted by molar-refractivity contribution is 0.208. The predicted molar refractivity (Wildman–Crippen MR) is 106 cm³/mol. The first-order valence-electron chi connectivity index (χ1n) is 8.07. The predicted octanol–water partition coefficient (Wildman–Crippen LogP) is 5.20. The molecule has 0 spiro atoms. The molecule has 5 nitrogen and oxygen atoms in total. The maximum Gasteiger partial charge on any atom is 0.322 e. The van der Waals surface area contributed by atoms with Gasteiger partial charge in [-0.05, 0) is 54.3 Å². The van der Waals surface area contributed by atoms with Crippen LogP contribution in [0.4, 0.5) is 14.9 Å². The van der Waals surface area contributed by atoms with Crippen molar-refractivity contribution in [1.29, 1.82) is 0 Å². The van der Waals surface area contributed by atoms with Crippen molar-refractivity contribution in [2.75, 3.05) is 12.4 Å². The van der Waals surface area contributed by atoms with Gasteiger partial charge in [0.15, 0.2) is 0 Å². The van der Waals surface area contributed by atoms with Crippen LogP contribution in [0.3, 0.4) is 0 Å². The van der Waals surface area contributed by atoms with Crippen molar-refractivity contribution in [3.05, 3.63) is 74.4 Å². The Kier molecular flexibility index (Phi) is 5.39. The molecular weight excluding hydrogens is 392 g/mol. The molecule has 1 aromatic heterocycles. The van der Waals surface area contributed by atoms with Gasteiger partial charge in [0.2, 0.25) is 0 Å². The molecule has 0 fully saturated rings. The second kappa shape index (κ2) is 7.58. The average molecular weight is 408 g/mol. The summed E-state index contributed by atoms with van der Waals surface area (Å²) >= 11 is 11.8. The maximum absolute atomic E-state index is 13.3. The zero-order valence-electron chi connectivity index (χ0n) is 14.5. The molecule has 0 saturated heterocycles. The summed E-state index contributed by atoms with van der Waals surface area (Å²) in [4.78, 5) is 28.8. The number of nitrogens with zero attached hydrogens (tertiary/aromatic N) is 1. The molecule has 140 valence electrons. The van der Waals surface area contributed by atoms with Gasteiger partial charge in [-0.2, -0.15) is 0 Å². The molecule has 27 heavy (non-hydrogen) atoms. The molecule has 2 N–H and O–H groups in total. The Bertz CT molecular complexity index is 1080. The van der Waals surface area contributed by atoms with Gasteiger partial charge in [-0.3, -0.25) is 4.79 Å². The number of amides is 2. The fourth-order valence-electron chi connectivity index (χ4n) is 2.77. The molecular formula is C19H16Cl2FN3O2. The number of pyridine rings is 1. The number of hydrogen-bond donors (Lipinski definition) is 2. The molecule has 2 aromatic carbocycles. The second-order valence-electron chi connectivity index (χ2n) is 6.11. The van der Waals surface area contributed by atoms with Crippen molar-refractivity contribution in [2.24, 2.45) is 0 Å². The van der Waals surface area contributed by atoms with Crippen molar-refractivity contribution in [2.45, 2.75) is 13.0 Å². The number of rotatable bonds is 3. The average Bonchev–Trinajstić information content (AvgIpc) is 2.63. The summed E-state index contributed by atoms with van der Waals surface area (Å²) in [6, 6.07) is 8.14. The van der Waals surface area contributed by atoms with Crippen LogP contribution in [0.15, 0.2) is 47.4 Å². The number of carbonyl (C=O) groups is 1. The highest BCUT2D eigenvalue weighted by Crippen LogP contribution is 2.28. The molecule has 0 aliphatic carbocycles. The number of benzene rings is 2. The van der Waals surface area contributed by atoms with Crippen LogP contribution in [0.25, 0.3) is 10.8 Å². The number of urea groups is 1. The molecule has 2 amide bonds. The van der Waals surface area contributed by atoms with E-state index in [9.17, 15) is 14.0 Å². The van der Waals surface area contributed by atoms with Gasteiger partial charge in [-0.1, -0.05) is 23.2 Å². The Labute approximate surface area is 164 Å². The lowest BCUT2D eigenvalue weighted by atomic mass is 10.0. The zero-order chi connectivity index (χ0) is 19.7. The largest absolute Gasteiger partial charge is 0.328 e. The molecule has 0 aliphatic rings. The molecule has 1 atom stereocenters. The van der Waals surface area contributed by atoms with E-state index >= 15 is 0 Å². The minimum Gasteiger partial charge on any atom is -0.328 e. The van der Waals surface area contributed by atoms with Crippen LogP contribution in [0.5, 0.6) is 0 Å².